The van der Waals surface area contributed by atoms with Gasteiger partial charge in [-0.3, -0.25) is 9.79 Å². The summed E-state index contributed by atoms with van der Waals surface area (Å²) in [6.07, 6.45) is 6.21. The zero-order chi connectivity index (χ0) is 14.2. The molecule has 0 radical (unpaired) electrons. The minimum absolute atomic E-state index is 0.143. The van der Waals surface area contributed by atoms with Crippen LogP contribution in [0.25, 0.3) is 0 Å². The van der Waals surface area contributed by atoms with Gasteiger partial charge in [-0.1, -0.05) is 30.3 Å². The number of ketones is 1. The van der Waals surface area contributed by atoms with Crippen molar-refractivity contribution in [1.29, 1.82) is 0 Å². The third kappa shape index (κ3) is 2.60. The van der Waals surface area contributed by atoms with Crippen molar-refractivity contribution in [3.63, 3.8) is 0 Å². The molecule has 0 bridgehead atoms. The number of rotatable bonds is 5. The van der Waals surface area contributed by atoms with Crippen molar-refractivity contribution < 1.29 is 4.79 Å². The Morgan fingerprint density at radius 1 is 1.30 bits per heavy atom. The molecule has 104 valence electrons. The van der Waals surface area contributed by atoms with Crippen LogP contribution in [0.1, 0.15) is 49.9 Å². The number of Topliss-reactive ketones (excluding diaryl/α,β-unsaturated/α-hetero) is 1. The van der Waals surface area contributed by atoms with E-state index in [0.717, 1.165) is 17.7 Å². The molecule has 20 heavy (non-hydrogen) atoms. The van der Waals surface area contributed by atoms with E-state index in [1.54, 1.807) is 0 Å². The van der Waals surface area contributed by atoms with Crippen LogP contribution in [0.4, 0.5) is 0 Å². The molecule has 1 aromatic carbocycles. The van der Waals surface area contributed by atoms with Crippen LogP contribution in [0.5, 0.6) is 0 Å². The van der Waals surface area contributed by atoms with Crippen molar-refractivity contribution in [3.05, 3.63) is 47.5 Å². The van der Waals surface area contributed by atoms with Gasteiger partial charge in [0.15, 0.2) is 5.78 Å². The zero-order valence-electron chi connectivity index (χ0n) is 12.2. The molecule has 0 N–H and O–H groups in total. The standard InChI is InChI=1S/C18H21NO/c1-13-12-16(14-8-9-14)18(2,19-13)11-10-17(20)15-6-4-3-5-7-15/h3-7,12,14H,8-11H2,1-2H3. The van der Waals surface area contributed by atoms with E-state index >= 15 is 0 Å². The van der Waals surface area contributed by atoms with E-state index in [2.05, 4.69) is 19.9 Å². The monoisotopic (exact) mass is 267 g/mol. The van der Waals surface area contributed by atoms with Gasteiger partial charge in [0.2, 0.25) is 0 Å². The highest BCUT2D eigenvalue weighted by Crippen LogP contribution is 2.47. The Morgan fingerprint density at radius 3 is 2.65 bits per heavy atom. The second-order valence-corrected chi connectivity index (χ2v) is 6.19. The number of carbonyl (C=O) groups excluding carboxylic acids is 1. The third-order valence-electron chi connectivity index (χ3n) is 4.36. The lowest BCUT2D eigenvalue weighted by molar-refractivity contribution is 0.0974. The number of hydrogen-bond donors (Lipinski definition) is 0. The Labute approximate surface area is 120 Å². The summed E-state index contributed by atoms with van der Waals surface area (Å²) in [7, 11) is 0. The van der Waals surface area contributed by atoms with Crippen LogP contribution >= 0.6 is 0 Å². The fourth-order valence-corrected chi connectivity index (χ4v) is 3.14. The van der Waals surface area contributed by atoms with Gasteiger partial charge < -0.3 is 0 Å². The van der Waals surface area contributed by atoms with Crippen molar-refractivity contribution in [2.45, 2.75) is 45.1 Å². The lowest BCUT2D eigenvalue weighted by Gasteiger charge is -2.25. The second kappa shape index (κ2) is 5.01. The van der Waals surface area contributed by atoms with Gasteiger partial charge >= 0.3 is 0 Å². The summed E-state index contributed by atoms with van der Waals surface area (Å²) in [6, 6.07) is 9.57. The van der Waals surface area contributed by atoms with Crippen LogP contribution in [0.3, 0.4) is 0 Å². The molecule has 1 unspecified atom stereocenters. The molecule has 0 spiro atoms. The highest BCUT2D eigenvalue weighted by atomic mass is 16.1. The summed E-state index contributed by atoms with van der Waals surface area (Å²) in [5.74, 6) is 0.940. The van der Waals surface area contributed by atoms with Crippen LogP contribution < -0.4 is 0 Å². The maximum absolute atomic E-state index is 12.2. The summed E-state index contributed by atoms with van der Waals surface area (Å²) in [4.78, 5) is 17.0. The van der Waals surface area contributed by atoms with E-state index in [1.807, 2.05) is 30.3 Å². The zero-order valence-corrected chi connectivity index (χ0v) is 12.2. The van der Waals surface area contributed by atoms with E-state index < -0.39 is 0 Å². The number of benzene rings is 1. The maximum Gasteiger partial charge on any atom is 0.162 e. The number of carbonyl (C=O) groups is 1. The molecule has 2 aliphatic rings. The molecular formula is C18H21NO. The molecule has 1 saturated carbocycles. The first-order valence-corrected chi connectivity index (χ1v) is 7.45. The molecule has 1 heterocycles. The largest absolute Gasteiger partial charge is 0.294 e. The molecular weight excluding hydrogens is 246 g/mol. The third-order valence-corrected chi connectivity index (χ3v) is 4.36. The summed E-state index contributed by atoms with van der Waals surface area (Å²) in [5, 5.41) is 0. The van der Waals surface area contributed by atoms with Gasteiger partial charge in [-0.25, -0.2) is 0 Å². The van der Waals surface area contributed by atoms with E-state index in [1.165, 1.54) is 18.4 Å². The highest BCUT2D eigenvalue weighted by molar-refractivity contribution is 5.98. The van der Waals surface area contributed by atoms with Crippen LogP contribution in [-0.4, -0.2) is 17.0 Å². The molecule has 0 aromatic heterocycles. The minimum Gasteiger partial charge on any atom is -0.294 e. The first kappa shape index (κ1) is 13.3. The molecule has 1 aliphatic heterocycles. The van der Waals surface area contributed by atoms with Gasteiger partial charge in [-0.2, -0.15) is 0 Å². The van der Waals surface area contributed by atoms with Crippen molar-refractivity contribution in [1.82, 2.24) is 0 Å². The van der Waals surface area contributed by atoms with Crippen LogP contribution in [0, 0.1) is 5.92 Å². The lowest BCUT2D eigenvalue weighted by atomic mass is 9.85. The summed E-state index contributed by atoms with van der Waals surface area (Å²) in [5.41, 5.74) is 3.24. The van der Waals surface area contributed by atoms with Gasteiger partial charge in [0.1, 0.15) is 0 Å². The van der Waals surface area contributed by atoms with Crippen LogP contribution in [-0.2, 0) is 0 Å². The van der Waals surface area contributed by atoms with Crippen molar-refractivity contribution >= 4 is 11.5 Å². The predicted octanol–water partition coefficient (Wildman–Crippen LogP) is 4.22. The summed E-state index contributed by atoms with van der Waals surface area (Å²) in [6.45, 7) is 4.25. The Morgan fingerprint density at radius 2 is 2.00 bits per heavy atom. The molecule has 1 aromatic rings. The summed E-state index contributed by atoms with van der Waals surface area (Å²) >= 11 is 0. The van der Waals surface area contributed by atoms with Gasteiger partial charge in [0.05, 0.1) is 5.54 Å². The first-order chi connectivity index (χ1) is 9.58. The van der Waals surface area contributed by atoms with Crippen molar-refractivity contribution in [2.24, 2.45) is 10.9 Å². The van der Waals surface area contributed by atoms with Crippen molar-refractivity contribution in [3.8, 4) is 0 Å². The molecule has 1 aliphatic carbocycles. The van der Waals surface area contributed by atoms with E-state index in [0.29, 0.717) is 12.3 Å². The number of allylic oxidation sites excluding steroid dienone is 1. The molecule has 0 saturated heterocycles. The number of hydrogen-bond acceptors (Lipinski definition) is 2. The second-order valence-electron chi connectivity index (χ2n) is 6.19. The molecule has 2 nitrogen and oxygen atoms in total. The average Bonchev–Trinajstić information content (AvgIpc) is 3.23. The van der Waals surface area contributed by atoms with Gasteiger partial charge in [-0.15, -0.1) is 0 Å². The Balaban J connectivity index is 1.68. The Hall–Kier alpha value is -1.70. The van der Waals surface area contributed by atoms with Gasteiger partial charge in [0, 0.05) is 17.7 Å². The smallest absolute Gasteiger partial charge is 0.162 e. The molecule has 0 amide bonds. The van der Waals surface area contributed by atoms with E-state index in [9.17, 15) is 4.79 Å². The van der Waals surface area contributed by atoms with Gasteiger partial charge in [0.25, 0.3) is 0 Å². The maximum atomic E-state index is 12.2. The quantitative estimate of drug-likeness (QED) is 0.734. The fraction of sp³-hybridized carbons (Fsp3) is 0.444. The highest BCUT2D eigenvalue weighted by Gasteiger charge is 2.41. The fourth-order valence-electron chi connectivity index (χ4n) is 3.14. The first-order valence-electron chi connectivity index (χ1n) is 7.45. The normalized spacial score (nSPS) is 25.3. The van der Waals surface area contributed by atoms with E-state index in [-0.39, 0.29) is 11.3 Å². The topological polar surface area (TPSA) is 29.4 Å². The number of aliphatic imine (C=N–C) groups is 1. The van der Waals surface area contributed by atoms with Crippen molar-refractivity contribution in [2.75, 3.05) is 0 Å². The minimum atomic E-state index is -0.143. The van der Waals surface area contributed by atoms with Crippen LogP contribution in [0.15, 0.2) is 47.0 Å². The summed E-state index contributed by atoms with van der Waals surface area (Å²) < 4.78 is 0. The molecule has 3 rings (SSSR count). The average molecular weight is 267 g/mol. The molecule has 1 atom stereocenters. The molecule has 1 fully saturated rings. The van der Waals surface area contributed by atoms with Crippen LogP contribution in [0.2, 0.25) is 0 Å². The lowest BCUT2D eigenvalue weighted by Crippen LogP contribution is -2.25. The van der Waals surface area contributed by atoms with Gasteiger partial charge in [-0.05, 0) is 50.7 Å². The Bertz CT molecular complexity index is 581. The Kier molecular flexibility index (Phi) is 3.33. The predicted molar refractivity (Wildman–Crippen MR) is 82.3 cm³/mol. The number of nitrogens with zero attached hydrogens (tertiary/aromatic N) is 1. The molecule has 2 heteroatoms. The van der Waals surface area contributed by atoms with E-state index in [4.69, 9.17) is 4.99 Å². The SMILES string of the molecule is CC1=NC(C)(CCC(=O)c2ccccc2)C(C2CC2)=C1.